The standard InChI is InChI=1S/C20H31FN4O.HI/c1-4-15(3)25-18(26)9-12-23-19(22-5-2)24-14-20(10-11-20)16-7-6-8-17(21)13-16;/h6-8,13,15H,4-5,9-12,14H2,1-3H3,(H,25,26)(H2,22,23,24);1H. The van der Waals surface area contributed by atoms with Crippen LogP contribution in [0.2, 0.25) is 0 Å². The van der Waals surface area contributed by atoms with Gasteiger partial charge in [-0.15, -0.1) is 24.0 Å². The van der Waals surface area contributed by atoms with Crippen molar-refractivity contribution in [3.63, 3.8) is 0 Å². The largest absolute Gasteiger partial charge is 0.357 e. The van der Waals surface area contributed by atoms with Gasteiger partial charge in [-0.1, -0.05) is 19.1 Å². The number of halogens is 2. The number of hydrogen-bond acceptors (Lipinski definition) is 2. The Morgan fingerprint density at radius 1 is 1.30 bits per heavy atom. The maximum Gasteiger partial charge on any atom is 0.221 e. The second-order valence-electron chi connectivity index (χ2n) is 7.04. The van der Waals surface area contributed by atoms with E-state index in [-0.39, 0.29) is 47.2 Å². The van der Waals surface area contributed by atoms with E-state index in [4.69, 9.17) is 0 Å². The van der Waals surface area contributed by atoms with Crippen molar-refractivity contribution >= 4 is 35.8 Å². The molecule has 0 bridgehead atoms. The molecular weight excluding hydrogens is 458 g/mol. The van der Waals surface area contributed by atoms with Gasteiger partial charge in [0.2, 0.25) is 5.91 Å². The van der Waals surface area contributed by atoms with Crippen molar-refractivity contribution in [1.82, 2.24) is 16.0 Å². The van der Waals surface area contributed by atoms with Gasteiger partial charge in [0.05, 0.1) is 6.54 Å². The van der Waals surface area contributed by atoms with Crippen molar-refractivity contribution < 1.29 is 9.18 Å². The lowest BCUT2D eigenvalue weighted by molar-refractivity contribution is -0.121. The van der Waals surface area contributed by atoms with Crippen molar-refractivity contribution in [2.45, 2.75) is 57.9 Å². The molecule has 1 saturated carbocycles. The van der Waals surface area contributed by atoms with Crippen LogP contribution in [0.3, 0.4) is 0 Å². The van der Waals surface area contributed by atoms with Crippen LogP contribution in [0.25, 0.3) is 0 Å². The lowest BCUT2D eigenvalue weighted by Gasteiger charge is -2.16. The summed E-state index contributed by atoms with van der Waals surface area (Å²) >= 11 is 0. The van der Waals surface area contributed by atoms with Gasteiger partial charge in [-0.3, -0.25) is 9.79 Å². The average molecular weight is 490 g/mol. The molecule has 1 aliphatic rings. The van der Waals surface area contributed by atoms with Gasteiger partial charge in [-0.25, -0.2) is 4.39 Å². The molecule has 0 heterocycles. The molecule has 27 heavy (non-hydrogen) atoms. The van der Waals surface area contributed by atoms with Crippen LogP contribution in [0.5, 0.6) is 0 Å². The first-order valence-corrected chi connectivity index (χ1v) is 9.56. The molecular formula is C20H32FIN4O. The fourth-order valence-electron chi connectivity index (χ4n) is 2.82. The fourth-order valence-corrected chi connectivity index (χ4v) is 2.82. The molecule has 2 rings (SSSR count). The van der Waals surface area contributed by atoms with Crippen LogP contribution in [-0.4, -0.2) is 37.5 Å². The summed E-state index contributed by atoms with van der Waals surface area (Å²) in [5.74, 6) is 0.544. The highest BCUT2D eigenvalue weighted by Gasteiger charge is 2.44. The Hall–Kier alpha value is -1.38. The number of carbonyl (C=O) groups excluding carboxylic acids is 1. The molecule has 1 fully saturated rings. The van der Waals surface area contributed by atoms with Crippen LogP contribution in [0, 0.1) is 5.82 Å². The molecule has 1 unspecified atom stereocenters. The molecule has 0 saturated heterocycles. The highest BCUT2D eigenvalue weighted by molar-refractivity contribution is 14.0. The molecule has 0 spiro atoms. The van der Waals surface area contributed by atoms with Crippen LogP contribution in [-0.2, 0) is 10.2 Å². The van der Waals surface area contributed by atoms with Crippen molar-refractivity contribution in [1.29, 1.82) is 0 Å². The zero-order valence-electron chi connectivity index (χ0n) is 16.5. The minimum absolute atomic E-state index is 0. The van der Waals surface area contributed by atoms with Crippen molar-refractivity contribution in [2.75, 3.05) is 19.6 Å². The zero-order chi connectivity index (χ0) is 19.0. The molecule has 3 N–H and O–H groups in total. The van der Waals surface area contributed by atoms with Crippen LogP contribution in [0.15, 0.2) is 29.3 Å². The van der Waals surface area contributed by atoms with E-state index in [1.807, 2.05) is 26.8 Å². The van der Waals surface area contributed by atoms with E-state index in [9.17, 15) is 9.18 Å². The van der Waals surface area contributed by atoms with E-state index < -0.39 is 0 Å². The number of rotatable bonds is 9. The number of amides is 1. The summed E-state index contributed by atoms with van der Waals surface area (Å²) in [6.07, 6.45) is 3.38. The molecule has 1 aliphatic carbocycles. The maximum atomic E-state index is 13.5. The number of carbonyl (C=O) groups is 1. The molecule has 1 aromatic carbocycles. The number of nitrogens with zero attached hydrogens (tertiary/aromatic N) is 1. The van der Waals surface area contributed by atoms with Crippen molar-refractivity contribution in [3.05, 3.63) is 35.6 Å². The Balaban J connectivity index is 0.00000364. The van der Waals surface area contributed by atoms with E-state index >= 15 is 0 Å². The minimum atomic E-state index is -0.199. The van der Waals surface area contributed by atoms with E-state index in [0.29, 0.717) is 25.5 Å². The second-order valence-corrected chi connectivity index (χ2v) is 7.04. The van der Waals surface area contributed by atoms with Crippen LogP contribution in [0.1, 0.15) is 52.0 Å². The van der Waals surface area contributed by atoms with E-state index in [1.54, 1.807) is 12.1 Å². The van der Waals surface area contributed by atoms with Crippen LogP contribution >= 0.6 is 24.0 Å². The summed E-state index contributed by atoms with van der Waals surface area (Å²) in [6, 6.07) is 7.02. The molecule has 152 valence electrons. The third-order valence-corrected chi connectivity index (χ3v) is 4.84. The Bertz CT molecular complexity index is 634. The highest BCUT2D eigenvalue weighted by atomic mass is 127. The molecule has 0 aliphatic heterocycles. The minimum Gasteiger partial charge on any atom is -0.357 e. The SMILES string of the molecule is CCNC(=NCC1(c2cccc(F)c2)CC1)NCCC(=O)NC(C)CC.I. The van der Waals surface area contributed by atoms with Gasteiger partial charge in [0.15, 0.2) is 5.96 Å². The summed E-state index contributed by atoms with van der Waals surface area (Å²) in [5, 5.41) is 9.37. The Morgan fingerprint density at radius 3 is 2.63 bits per heavy atom. The first kappa shape index (κ1) is 23.7. The summed E-state index contributed by atoms with van der Waals surface area (Å²) in [6.45, 7) is 7.94. The summed E-state index contributed by atoms with van der Waals surface area (Å²) in [4.78, 5) is 16.5. The lowest BCUT2D eigenvalue weighted by atomic mass is 9.96. The van der Waals surface area contributed by atoms with Crippen LogP contribution < -0.4 is 16.0 Å². The van der Waals surface area contributed by atoms with Gasteiger partial charge >= 0.3 is 0 Å². The Morgan fingerprint density at radius 2 is 2.04 bits per heavy atom. The molecule has 1 aromatic rings. The smallest absolute Gasteiger partial charge is 0.221 e. The predicted octanol–water partition coefficient (Wildman–Crippen LogP) is 3.34. The van der Waals surface area contributed by atoms with E-state index in [0.717, 1.165) is 31.4 Å². The number of benzene rings is 1. The van der Waals surface area contributed by atoms with Gasteiger partial charge in [0, 0.05) is 31.0 Å². The molecule has 0 radical (unpaired) electrons. The highest BCUT2D eigenvalue weighted by Crippen LogP contribution is 2.48. The Kier molecular flexibility index (Phi) is 10.0. The number of hydrogen-bond donors (Lipinski definition) is 3. The summed E-state index contributed by atoms with van der Waals surface area (Å²) in [5.41, 5.74) is 0.975. The topological polar surface area (TPSA) is 65.5 Å². The maximum absolute atomic E-state index is 13.5. The zero-order valence-corrected chi connectivity index (χ0v) is 18.8. The summed E-state index contributed by atoms with van der Waals surface area (Å²) in [7, 11) is 0. The fraction of sp³-hybridized carbons (Fsp3) is 0.600. The van der Waals surface area contributed by atoms with Crippen LogP contribution in [0.4, 0.5) is 4.39 Å². The second kappa shape index (κ2) is 11.5. The summed E-state index contributed by atoms with van der Waals surface area (Å²) < 4.78 is 13.5. The van der Waals surface area contributed by atoms with Crippen molar-refractivity contribution in [3.8, 4) is 0 Å². The quantitative estimate of drug-likeness (QED) is 0.283. The number of aliphatic imine (C=N–C) groups is 1. The number of guanidine groups is 1. The normalized spacial score (nSPS) is 16.1. The average Bonchev–Trinajstić information content (AvgIpc) is 3.41. The molecule has 1 amide bonds. The molecule has 0 aromatic heterocycles. The lowest BCUT2D eigenvalue weighted by Crippen LogP contribution is -2.40. The monoisotopic (exact) mass is 490 g/mol. The predicted molar refractivity (Wildman–Crippen MR) is 119 cm³/mol. The van der Waals surface area contributed by atoms with Gasteiger partial charge < -0.3 is 16.0 Å². The van der Waals surface area contributed by atoms with Gasteiger partial charge in [-0.2, -0.15) is 0 Å². The third-order valence-electron chi connectivity index (χ3n) is 4.84. The van der Waals surface area contributed by atoms with E-state index in [2.05, 4.69) is 20.9 Å². The first-order valence-electron chi connectivity index (χ1n) is 9.56. The van der Waals surface area contributed by atoms with E-state index in [1.165, 1.54) is 6.07 Å². The molecule has 5 nitrogen and oxygen atoms in total. The number of nitrogens with one attached hydrogen (secondary N) is 3. The molecule has 7 heteroatoms. The first-order chi connectivity index (χ1) is 12.5. The Labute approximate surface area is 179 Å². The van der Waals surface area contributed by atoms with Gasteiger partial charge in [0.1, 0.15) is 5.82 Å². The van der Waals surface area contributed by atoms with Gasteiger partial charge in [0.25, 0.3) is 0 Å². The van der Waals surface area contributed by atoms with Crippen molar-refractivity contribution in [2.24, 2.45) is 4.99 Å². The van der Waals surface area contributed by atoms with Gasteiger partial charge in [-0.05, 0) is 50.8 Å². The molecule has 1 atom stereocenters. The third kappa shape index (κ3) is 7.63.